The molecule has 10 heteroatoms. The van der Waals surface area contributed by atoms with E-state index in [0.29, 0.717) is 10.2 Å². The van der Waals surface area contributed by atoms with Crippen molar-refractivity contribution in [3.63, 3.8) is 0 Å². The Labute approximate surface area is 238 Å². The van der Waals surface area contributed by atoms with Crippen molar-refractivity contribution < 1.29 is 19.1 Å². The molecule has 32 heavy (non-hydrogen) atoms. The highest BCUT2D eigenvalue weighted by molar-refractivity contribution is 9.12. The van der Waals surface area contributed by atoms with Crippen LogP contribution in [0.4, 0.5) is 0 Å². The van der Waals surface area contributed by atoms with Crippen LogP contribution in [0.2, 0.25) is 0 Å². The maximum absolute atomic E-state index is 11.2. The standard InChI is InChI=1S/C12H11Br3O2.C10H7Br3O2/c1-4-10(16)17-7(3)11-9(14)5-8(13)6(2)12(11)15;1-3-8(14)15-10-7(12)4-6(11)5(2)9(10)13/h4-5,7H,1H2,2-3H3;3-4H,1H2,2H3. The lowest BCUT2D eigenvalue weighted by molar-refractivity contribution is -0.142. The zero-order valence-electron chi connectivity index (χ0n) is 17.2. The van der Waals surface area contributed by atoms with Gasteiger partial charge in [0.1, 0.15) is 6.10 Å². The van der Waals surface area contributed by atoms with Gasteiger partial charge in [0.2, 0.25) is 0 Å². The second-order valence-electron chi connectivity index (χ2n) is 6.21. The first-order valence-electron chi connectivity index (χ1n) is 8.80. The second-order valence-corrected chi connectivity index (χ2v) is 11.2. The highest BCUT2D eigenvalue weighted by atomic mass is 79.9. The molecule has 0 radical (unpaired) electrons. The highest BCUT2D eigenvalue weighted by Gasteiger charge is 2.19. The lowest BCUT2D eigenvalue weighted by Crippen LogP contribution is -2.08. The average molecular weight is 826 g/mol. The SMILES string of the molecule is C=CC(=O)OC(C)c1c(Br)cc(Br)c(C)c1Br.C=CC(=O)Oc1c(Br)cc(Br)c(C)c1Br. The molecule has 0 N–H and O–H groups in total. The minimum Gasteiger partial charge on any atom is -0.455 e. The molecular formula is C22H18Br6O4. The van der Waals surface area contributed by atoms with Crippen LogP contribution < -0.4 is 4.74 Å². The topological polar surface area (TPSA) is 52.6 Å². The van der Waals surface area contributed by atoms with Gasteiger partial charge in [-0.25, -0.2) is 9.59 Å². The molecule has 1 atom stereocenters. The highest BCUT2D eigenvalue weighted by Crippen LogP contribution is 2.40. The van der Waals surface area contributed by atoms with Crippen LogP contribution in [0.25, 0.3) is 0 Å². The van der Waals surface area contributed by atoms with Gasteiger partial charge >= 0.3 is 11.9 Å². The van der Waals surface area contributed by atoms with Crippen molar-refractivity contribution in [1.29, 1.82) is 0 Å². The average Bonchev–Trinajstić information content (AvgIpc) is 2.73. The van der Waals surface area contributed by atoms with Gasteiger partial charge in [-0.2, -0.15) is 0 Å². The van der Waals surface area contributed by atoms with E-state index in [1.165, 1.54) is 0 Å². The smallest absolute Gasteiger partial charge is 0.335 e. The molecule has 0 fully saturated rings. The largest absolute Gasteiger partial charge is 0.455 e. The molecular weight excluding hydrogens is 808 g/mol. The molecule has 2 aromatic rings. The Morgan fingerprint density at radius 1 is 0.812 bits per heavy atom. The molecule has 0 spiro atoms. The minimum absolute atomic E-state index is 0.351. The Kier molecular flexibility index (Phi) is 12.6. The molecule has 0 aliphatic rings. The van der Waals surface area contributed by atoms with Crippen molar-refractivity contribution in [2.24, 2.45) is 0 Å². The van der Waals surface area contributed by atoms with Crippen LogP contribution in [-0.4, -0.2) is 11.9 Å². The fourth-order valence-corrected chi connectivity index (χ4v) is 7.31. The second kappa shape index (κ2) is 13.6. The quantitative estimate of drug-likeness (QED) is 0.171. The van der Waals surface area contributed by atoms with Gasteiger partial charge in [-0.15, -0.1) is 0 Å². The summed E-state index contributed by atoms with van der Waals surface area (Å²) in [5.41, 5.74) is 2.93. The summed E-state index contributed by atoms with van der Waals surface area (Å²) in [5, 5.41) is 0. The van der Waals surface area contributed by atoms with E-state index < -0.39 is 11.9 Å². The van der Waals surface area contributed by atoms with E-state index in [-0.39, 0.29) is 6.10 Å². The van der Waals surface area contributed by atoms with Crippen LogP contribution in [0, 0.1) is 13.8 Å². The Morgan fingerprint density at radius 2 is 1.28 bits per heavy atom. The first kappa shape index (κ1) is 29.8. The Balaban J connectivity index is 0.000000323. The third-order valence-electron chi connectivity index (χ3n) is 4.03. The minimum atomic E-state index is -0.488. The maximum atomic E-state index is 11.2. The van der Waals surface area contributed by atoms with Crippen molar-refractivity contribution in [3.05, 3.63) is 81.0 Å². The molecule has 0 aliphatic heterocycles. The lowest BCUT2D eigenvalue weighted by atomic mass is 10.1. The summed E-state index contributed by atoms with van der Waals surface area (Å²) >= 11 is 20.5. The van der Waals surface area contributed by atoms with Gasteiger partial charge in [0.25, 0.3) is 0 Å². The van der Waals surface area contributed by atoms with Crippen molar-refractivity contribution in [1.82, 2.24) is 0 Å². The molecule has 1 unspecified atom stereocenters. The van der Waals surface area contributed by atoms with Crippen LogP contribution in [0.1, 0.15) is 29.7 Å². The lowest BCUT2D eigenvalue weighted by Gasteiger charge is -2.18. The molecule has 2 aromatic carbocycles. The number of hydrogen-bond donors (Lipinski definition) is 0. The molecule has 0 saturated carbocycles. The van der Waals surface area contributed by atoms with Crippen molar-refractivity contribution in [2.45, 2.75) is 26.9 Å². The zero-order valence-corrected chi connectivity index (χ0v) is 26.7. The van der Waals surface area contributed by atoms with E-state index in [0.717, 1.165) is 51.2 Å². The summed E-state index contributed by atoms with van der Waals surface area (Å²) in [6.07, 6.45) is 1.93. The fourth-order valence-electron chi connectivity index (χ4n) is 2.26. The van der Waals surface area contributed by atoms with Crippen molar-refractivity contribution >= 4 is 108 Å². The third-order valence-corrected chi connectivity index (χ3v) is 8.90. The first-order chi connectivity index (χ1) is 14.8. The predicted octanol–water partition coefficient (Wildman–Crippen LogP) is 9.45. The Bertz CT molecular complexity index is 1070. The number of benzene rings is 2. The first-order valence-corrected chi connectivity index (χ1v) is 13.6. The molecule has 0 amide bonds. The molecule has 0 saturated heterocycles. The summed E-state index contributed by atoms with van der Waals surface area (Å²) in [6, 6.07) is 3.76. The van der Waals surface area contributed by atoms with Gasteiger partial charge in [0.15, 0.2) is 5.75 Å². The number of esters is 2. The van der Waals surface area contributed by atoms with Gasteiger partial charge in [0, 0.05) is 35.6 Å². The molecule has 0 aliphatic carbocycles. The molecule has 0 aromatic heterocycles. The monoisotopic (exact) mass is 820 g/mol. The number of rotatable bonds is 5. The maximum Gasteiger partial charge on any atom is 0.335 e. The zero-order chi connectivity index (χ0) is 24.7. The molecule has 0 heterocycles. The number of hydrogen-bond acceptors (Lipinski definition) is 4. The molecule has 2 rings (SSSR count). The van der Waals surface area contributed by atoms with Crippen LogP contribution in [-0.2, 0) is 14.3 Å². The summed E-state index contributed by atoms with van der Waals surface area (Å²) in [4.78, 5) is 22.3. The molecule has 0 bridgehead atoms. The Morgan fingerprint density at radius 3 is 1.78 bits per heavy atom. The summed E-state index contributed by atoms with van der Waals surface area (Å²) in [7, 11) is 0. The van der Waals surface area contributed by atoms with Crippen LogP contribution in [0.3, 0.4) is 0 Å². The van der Waals surface area contributed by atoms with Gasteiger partial charge in [-0.3, -0.25) is 0 Å². The van der Waals surface area contributed by atoms with Crippen LogP contribution in [0.5, 0.6) is 5.75 Å². The predicted molar refractivity (Wildman–Crippen MR) is 149 cm³/mol. The number of halogens is 6. The molecule has 172 valence electrons. The number of ether oxygens (including phenoxy) is 2. The number of carbonyl (C=O) groups is 2. The number of carbonyl (C=O) groups excluding carboxylic acids is 2. The molecule has 4 nitrogen and oxygen atoms in total. The van der Waals surface area contributed by atoms with E-state index >= 15 is 0 Å². The van der Waals surface area contributed by atoms with Crippen molar-refractivity contribution in [3.8, 4) is 5.75 Å². The van der Waals surface area contributed by atoms with Crippen LogP contribution >= 0.6 is 95.6 Å². The van der Waals surface area contributed by atoms with Gasteiger partial charge in [0.05, 0.1) is 8.95 Å². The summed E-state index contributed by atoms with van der Waals surface area (Å²) < 4.78 is 15.4. The summed E-state index contributed by atoms with van der Waals surface area (Å²) in [5.74, 6) is -0.462. The van der Waals surface area contributed by atoms with Gasteiger partial charge < -0.3 is 9.47 Å². The van der Waals surface area contributed by atoms with Gasteiger partial charge in [-0.1, -0.05) is 76.9 Å². The van der Waals surface area contributed by atoms with E-state index in [1.54, 1.807) is 0 Å². The van der Waals surface area contributed by atoms with E-state index in [1.807, 2.05) is 32.9 Å². The van der Waals surface area contributed by atoms with E-state index in [4.69, 9.17) is 9.47 Å². The van der Waals surface area contributed by atoms with E-state index in [9.17, 15) is 9.59 Å². The third kappa shape index (κ3) is 7.91. The van der Waals surface area contributed by atoms with Crippen LogP contribution in [0.15, 0.2) is 64.3 Å². The van der Waals surface area contributed by atoms with Crippen molar-refractivity contribution in [2.75, 3.05) is 0 Å². The summed E-state index contributed by atoms with van der Waals surface area (Å²) in [6.45, 7) is 12.4. The Hall–Kier alpha value is -0.260. The van der Waals surface area contributed by atoms with E-state index in [2.05, 4.69) is 109 Å². The normalized spacial score (nSPS) is 11.0. The fraction of sp³-hybridized carbons (Fsp3) is 0.182. The van der Waals surface area contributed by atoms with Gasteiger partial charge in [-0.05, 0) is 75.9 Å².